The molecule has 1 aromatic carbocycles. The van der Waals surface area contributed by atoms with Gasteiger partial charge < -0.3 is 14.6 Å². The lowest BCUT2D eigenvalue weighted by molar-refractivity contribution is -0.154. The van der Waals surface area contributed by atoms with Gasteiger partial charge in [0.2, 0.25) is 0 Å². The van der Waals surface area contributed by atoms with Gasteiger partial charge in [-0.2, -0.15) is 0 Å². The van der Waals surface area contributed by atoms with Crippen LogP contribution in [0.15, 0.2) is 29.4 Å². The zero-order valence-electron chi connectivity index (χ0n) is 10.7. The summed E-state index contributed by atoms with van der Waals surface area (Å²) in [4.78, 5) is 14.1. The van der Waals surface area contributed by atoms with Crippen LogP contribution in [-0.2, 0) is 9.53 Å². The summed E-state index contributed by atoms with van der Waals surface area (Å²) in [7, 11) is 1.52. The molecular formula is C12H15N3O4. The van der Waals surface area contributed by atoms with Crippen LogP contribution in [0.3, 0.4) is 0 Å². The Bertz CT molecular complexity index is 468. The summed E-state index contributed by atoms with van der Waals surface area (Å²) < 4.78 is 9.70. The molecule has 0 bridgehead atoms. The fourth-order valence-electron chi connectivity index (χ4n) is 1.53. The van der Waals surface area contributed by atoms with Crippen LogP contribution in [0.25, 0.3) is 10.4 Å². The highest BCUT2D eigenvalue weighted by atomic mass is 16.5. The van der Waals surface area contributed by atoms with Crippen molar-refractivity contribution in [2.24, 2.45) is 5.11 Å². The second-order valence-corrected chi connectivity index (χ2v) is 3.62. The lowest BCUT2D eigenvalue weighted by Gasteiger charge is -2.17. The number of ether oxygens (including phenoxy) is 2. The van der Waals surface area contributed by atoms with Gasteiger partial charge in [0, 0.05) is 4.91 Å². The third-order valence-corrected chi connectivity index (χ3v) is 2.46. The molecule has 102 valence electrons. The number of hydrogen-bond acceptors (Lipinski definition) is 5. The topological polar surface area (TPSA) is 105 Å². The van der Waals surface area contributed by atoms with Crippen molar-refractivity contribution in [3.05, 3.63) is 40.3 Å². The highest BCUT2D eigenvalue weighted by Gasteiger charge is 2.27. The summed E-state index contributed by atoms with van der Waals surface area (Å²) in [5.41, 5.74) is 9.03. The maximum absolute atomic E-state index is 11.5. The SMILES string of the molecule is CCOC(=O)[C@H](O)[C@H](N=[N+]=[N-])c1ccc(OC)cc1. The predicted octanol–water partition coefficient (Wildman–Crippen LogP) is 1.97. The molecule has 0 aliphatic heterocycles. The van der Waals surface area contributed by atoms with E-state index in [4.69, 9.17) is 15.0 Å². The van der Waals surface area contributed by atoms with Gasteiger partial charge in [0.05, 0.1) is 19.8 Å². The molecule has 2 atom stereocenters. The van der Waals surface area contributed by atoms with E-state index >= 15 is 0 Å². The predicted molar refractivity (Wildman–Crippen MR) is 67.5 cm³/mol. The standard InChI is InChI=1S/C12H15N3O4/c1-3-19-12(17)11(16)10(14-15-13)8-4-6-9(18-2)7-5-8/h4-7,10-11,16H,3H2,1-2H3/t10-,11-/m1/s1. The molecule has 0 fully saturated rings. The van der Waals surface area contributed by atoms with Crippen LogP contribution in [0.2, 0.25) is 0 Å². The smallest absolute Gasteiger partial charge is 0.335 e. The lowest BCUT2D eigenvalue weighted by Crippen LogP contribution is -2.28. The first-order chi connectivity index (χ1) is 9.13. The summed E-state index contributed by atoms with van der Waals surface area (Å²) in [6.07, 6.45) is -1.54. The van der Waals surface area contributed by atoms with Crippen molar-refractivity contribution in [2.75, 3.05) is 13.7 Å². The summed E-state index contributed by atoms with van der Waals surface area (Å²) in [6, 6.07) is 5.48. The lowest BCUT2D eigenvalue weighted by atomic mass is 10.0. The molecule has 1 aromatic rings. The molecule has 7 heteroatoms. The van der Waals surface area contributed by atoms with Crippen LogP contribution < -0.4 is 4.74 Å². The number of aliphatic hydroxyl groups excluding tert-OH is 1. The minimum atomic E-state index is -1.54. The molecule has 7 nitrogen and oxygen atoms in total. The molecule has 1 N–H and O–H groups in total. The first-order valence-corrected chi connectivity index (χ1v) is 5.66. The Morgan fingerprint density at radius 3 is 2.58 bits per heavy atom. The highest BCUT2D eigenvalue weighted by molar-refractivity contribution is 5.75. The number of hydrogen-bond donors (Lipinski definition) is 1. The number of carbonyl (C=O) groups excluding carboxylic acids is 1. The number of esters is 1. The van der Waals surface area contributed by atoms with E-state index in [0.717, 1.165) is 0 Å². The number of rotatable bonds is 6. The van der Waals surface area contributed by atoms with Crippen molar-refractivity contribution in [3.8, 4) is 5.75 Å². The molecule has 0 aromatic heterocycles. The fraction of sp³-hybridized carbons (Fsp3) is 0.417. The van der Waals surface area contributed by atoms with Gasteiger partial charge in [-0.25, -0.2) is 4.79 Å². The molecule has 0 amide bonds. The number of methoxy groups -OCH3 is 1. The average molecular weight is 265 g/mol. The van der Waals surface area contributed by atoms with Gasteiger partial charge in [0.15, 0.2) is 6.10 Å². The van der Waals surface area contributed by atoms with Crippen LogP contribution in [-0.4, -0.2) is 30.9 Å². The van der Waals surface area contributed by atoms with Crippen LogP contribution in [0.4, 0.5) is 0 Å². The van der Waals surface area contributed by atoms with Gasteiger partial charge in [-0.1, -0.05) is 17.2 Å². The minimum absolute atomic E-state index is 0.140. The third kappa shape index (κ3) is 3.87. The van der Waals surface area contributed by atoms with Crippen LogP contribution in [0.1, 0.15) is 18.5 Å². The highest BCUT2D eigenvalue weighted by Crippen LogP contribution is 2.24. The molecule has 1 rings (SSSR count). The fourth-order valence-corrected chi connectivity index (χ4v) is 1.53. The molecule has 0 unspecified atom stereocenters. The third-order valence-electron chi connectivity index (χ3n) is 2.46. The van der Waals surface area contributed by atoms with E-state index in [1.165, 1.54) is 7.11 Å². The summed E-state index contributed by atoms with van der Waals surface area (Å²) in [5.74, 6) is -0.204. The molecule has 19 heavy (non-hydrogen) atoms. The molecule has 0 aliphatic carbocycles. The Labute approximate surface area is 110 Å². The normalized spacial score (nSPS) is 13.0. The Kier molecular flexibility index (Phi) is 5.66. The van der Waals surface area contributed by atoms with Gasteiger partial charge in [-0.15, -0.1) is 0 Å². The number of azide groups is 1. The molecule has 0 heterocycles. The Hall–Kier alpha value is -2.24. The number of benzene rings is 1. The minimum Gasteiger partial charge on any atom is -0.497 e. The average Bonchev–Trinajstić information content (AvgIpc) is 2.44. The molecule has 0 saturated heterocycles. The van der Waals surface area contributed by atoms with Gasteiger partial charge in [-0.3, -0.25) is 0 Å². The maximum Gasteiger partial charge on any atom is 0.335 e. The van der Waals surface area contributed by atoms with Crippen molar-refractivity contribution < 1.29 is 19.4 Å². The van der Waals surface area contributed by atoms with E-state index in [-0.39, 0.29) is 6.61 Å². The van der Waals surface area contributed by atoms with E-state index in [0.29, 0.717) is 11.3 Å². The summed E-state index contributed by atoms with van der Waals surface area (Å²) >= 11 is 0. The van der Waals surface area contributed by atoms with E-state index in [1.54, 1.807) is 31.2 Å². The maximum atomic E-state index is 11.5. The second-order valence-electron chi connectivity index (χ2n) is 3.62. The van der Waals surface area contributed by atoms with Crippen molar-refractivity contribution in [1.82, 2.24) is 0 Å². The number of carbonyl (C=O) groups is 1. The molecule has 0 spiro atoms. The Morgan fingerprint density at radius 2 is 2.11 bits per heavy atom. The van der Waals surface area contributed by atoms with Crippen LogP contribution in [0, 0.1) is 0 Å². The van der Waals surface area contributed by atoms with Crippen molar-refractivity contribution in [2.45, 2.75) is 19.1 Å². The molecule has 0 saturated carbocycles. The van der Waals surface area contributed by atoms with Crippen LogP contribution in [0.5, 0.6) is 5.75 Å². The van der Waals surface area contributed by atoms with E-state index in [9.17, 15) is 9.90 Å². The van der Waals surface area contributed by atoms with Crippen LogP contribution >= 0.6 is 0 Å². The van der Waals surface area contributed by atoms with Gasteiger partial charge in [0.1, 0.15) is 5.75 Å². The van der Waals surface area contributed by atoms with Crippen molar-refractivity contribution >= 4 is 5.97 Å². The van der Waals surface area contributed by atoms with Crippen molar-refractivity contribution in [1.29, 1.82) is 0 Å². The van der Waals surface area contributed by atoms with Gasteiger partial charge in [0.25, 0.3) is 0 Å². The van der Waals surface area contributed by atoms with Crippen molar-refractivity contribution in [3.63, 3.8) is 0 Å². The van der Waals surface area contributed by atoms with Gasteiger partial charge in [-0.05, 0) is 30.2 Å². The first kappa shape index (κ1) is 14.8. The first-order valence-electron chi connectivity index (χ1n) is 5.66. The molecule has 0 radical (unpaired) electrons. The molecular weight excluding hydrogens is 250 g/mol. The second kappa shape index (κ2) is 7.25. The number of aliphatic hydroxyl groups is 1. The summed E-state index contributed by atoms with van der Waals surface area (Å²) in [6.45, 7) is 1.77. The Morgan fingerprint density at radius 1 is 1.47 bits per heavy atom. The van der Waals surface area contributed by atoms with E-state index in [2.05, 4.69) is 10.0 Å². The Balaban J connectivity index is 2.98. The zero-order chi connectivity index (χ0) is 14.3. The zero-order valence-corrected chi connectivity index (χ0v) is 10.7. The quantitative estimate of drug-likeness (QED) is 0.367. The monoisotopic (exact) mass is 265 g/mol. The largest absolute Gasteiger partial charge is 0.497 e. The van der Waals surface area contributed by atoms with E-state index < -0.39 is 18.1 Å². The number of nitrogens with zero attached hydrogens (tertiary/aromatic N) is 3. The van der Waals surface area contributed by atoms with E-state index in [1.807, 2.05) is 0 Å². The molecule has 0 aliphatic rings. The van der Waals surface area contributed by atoms with Gasteiger partial charge >= 0.3 is 5.97 Å². The summed E-state index contributed by atoms with van der Waals surface area (Å²) in [5, 5.41) is 13.3.